The van der Waals surface area contributed by atoms with Crippen LogP contribution in [0, 0.1) is 0 Å². The Morgan fingerprint density at radius 3 is 2.89 bits per heavy atom. The molecule has 0 unspecified atom stereocenters. The van der Waals surface area contributed by atoms with Crippen molar-refractivity contribution in [1.29, 1.82) is 0 Å². The SMILES string of the molecule is O=C(O)c1cn[nH]c1-c1ccnc2ccccc12. The number of hydrogen-bond donors (Lipinski definition) is 2. The molecule has 5 nitrogen and oxygen atoms in total. The van der Waals surface area contributed by atoms with Gasteiger partial charge in [-0.2, -0.15) is 5.10 Å². The largest absolute Gasteiger partial charge is 0.478 e. The summed E-state index contributed by atoms with van der Waals surface area (Å²) in [5.41, 5.74) is 2.27. The van der Waals surface area contributed by atoms with Gasteiger partial charge in [0.2, 0.25) is 0 Å². The number of benzene rings is 1. The summed E-state index contributed by atoms with van der Waals surface area (Å²) in [6.07, 6.45) is 2.97. The lowest BCUT2D eigenvalue weighted by Crippen LogP contribution is -1.97. The number of carbonyl (C=O) groups is 1. The smallest absolute Gasteiger partial charge is 0.339 e. The molecule has 0 bridgehead atoms. The van der Waals surface area contributed by atoms with E-state index in [0.717, 1.165) is 16.5 Å². The first-order valence-electron chi connectivity index (χ1n) is 5.38. The number of aromatic nitrogens is 3. The van der Waals surface area contributed by atoms with Gasteiger partial charge in [0.25, 0.3) is 0 Å². The Morgan fingerprint density at radius 1 is 1.22 bits per heavy atom. The van der Waals surface area contributed by atoms with Crippen LogP contribution in [-0.2, 0) is 0 Å². The number of hydrogen-bond acceptors (Lipinski definition) is 3. The van der Waals surface area contributed by atoms with Crippen molar-refractivity contribution in [2.75, 3.05) is 0 Å². The molecule has 0 aliphatic carbocycles. The Labute approximate surface area is 102 Å². The van der Waals surface area contributed by atoms with Gasteiger partial charge in [-0.25, -0.2) is 4.79 Å². The molecule has 0 aliphatic rings. The van der Waals surface area contributed by atoms with E-state index < -0.39 is 5.97 Å². The van der Waals surface area contributed by atoms with E-state index in [0.29, 0.717) is 5.69 Å². The van der Waals surface area contributed by atoms with Crippen molar-refractivity contribution in [3.8, 4) is 11.3 Å². The van der Waals surface area contributed by atoms with Crippen LogP contribution >= 0.6 is 0 Å². The van der Waals surface area contributed by atoms with Gasteiger partial charge in [-0.1, -0.05) is 18.2 Å². The van der Waals surface area contributed by atoms with E-state index in [9.17, 15) is 4.79 Å². The molecule has 2 aromatic heterocycles. The van der Waals surface area contributed by atoms with Crippen LogP contribution in [0.3, 0.4) is 0 Å². The number of aromatic amines is 1. The summed E-state index contributed by atoms with van der Waals surface area (Å²) in [6, 6.07) is 9.36. The van der Waals surface area contributed by atoms with Gasteiger partial charge in [-0.05, 0) is 12.1 Å². The third-order valence-electron chi connectivity index (χ3n) is 2.79. The number of aromatic carboxylic acids is 1. The molecular formula is C13H9N3O2. The quantitative estimate of drug-likeness (QED) is 0.719. The molecule has 0 fully saturated rings. The molecular weight excluding hydrogens is 230 g/mol. The zero-order chi connectivity index (χ0) is 12.5. The van der Waals surface area contributed by atoms with Crippen LogP contribution in [0.15, 0.2) is 42.7 Å². The number of para-hydroxylation sites is 1. The van der Waals surface area contributed by atoms with Gasteiger partial charge in [0.1, 0.15) is 5.56 Å². The van der Waals surface area contributed by atoms with E-state index in [1.54, 1.807) is 12.3 Å². The second kappa shape index (κ2) is 3.96. The van der Waals surface area contributed by atoms with Crippen molar-refractivity contribution in [2.24, 2.45) is 0 Å². The molecule has 1 aromatic carbocycles. The van der Waals surface area contributed by atoms with E-state index in [-0.39, 0.29) is 5.56 Å². The van der Waals surface area contributed by atoms with Crippen LogP contribution in [0.4, 0.5) is 0 Å². The van der Waals surface area contributed by atoms with E-state index >= 15 is 0 Å². The summed E-state index contributed by atoms with van der Waals surface area (Å²) in [7, 11) is 0. The van der Waals surface area contributed by atoms with Gasteiger partial charge in [0.15, 0.2) is 0 Å². The maximum atomic E-state index is 11.1. The third kappa shape index (κ3) is 1.53. The van der Waals surface area contributed by atoms with E-state index in [4.69, 9.17) is 5.11 Å². The van der Waals surface area contributed by atoms with Crippen LogP contribution in [-0.4, -0.2) is 26.3 Å². The summed E-state index contributed by atoms with van der Waals surface area (Å²) < 4.78 is 0. The number of pyridine rings is 1. The highest BCUT2D eigenvalue weighted by Gasteiger charge is 2.15. The summed E-state index contributed by atoms with van der Waals surface area (Å²) in [5, 5.41) is 16.5. The van der Waals surface area contributed by atoms with Crippen LogP contribution in [0.25, 0.3) is 22.2 Å². The second-order valence-corrected chi connectivity index (χ2v) is 3.84. The van der Waals surface area contributed by atoms with E-state index in [1.165, 1.54) is 6.20 Å². The highest BCUT2D eigenvalue weighted by molar-refractivity contribution is 6.01. The number of carboxylic acids is 1. The Balaban J connectivity index is 2.32. The maximum Gasteiger partial charge on any atom is 0.339 e. The van der Waals surface area contributed by atoms with Crippen molar-refractivity contribution < 1.29 is 9.90 Å². The van der Waals surface area contributed by atoms with Crippen molar-refractivity contribution in [2.45, 2.75) is 0 Å². The number of fused-ring (bicyclic) bond motifs is 1. The molecule has 88 valence electrons. The van der Waals surface area contributed by atoms with Crippen molar-refractivity contribution in [3.63, 3.8) is 0 Å². The molecule has 0 amide bonds. The lowest BCUT2D eigenvalue weighted by Gasteiger charge is -2.04. The van der Waals surface area contributed by atoms with Gasteiger partial charge in [-0.15, -0.1) is 0 Å². The number of carboxylic acid groups (broad SMARTS) is 1. The Kier molecular flexibility index (Phi) is 2.30. The van der Waals surface area contributed by atoms with Crippen molar-refractivity contribution in [3.05, 3.63) is 48.3 Å². The van der Waals surface area contributed by atoms with E-state index in [2.05, 4.69) is 15.2 Å². The molecule has 0 spiro atoms. The topological polar surface area (TPSA) is 78.9 Å². The molecule has 18 heavy (non-hydrogen) atoms. The molecule has 0 saturated carbocycles. The first kappa shape index (κ1) is 10.5. The van der Waals surface area contributed by atoms with E-state index in [1.807, 2.05) is 24.3 Å². The summed E-state index contributed by atoms with van der Waals surface area (Å²) >= 11 is 0. The third-order valence-corrected chi connectivity index (χ3v) is 2.79. The van der Waals surface area contributed by atoms with Gasteiger partial charge in [-0.3, -0.25) is 10.1 Å². The Bertz CT molecular complexity index is 728. The fourth-order valence-electron chi connectivity index (χ4n) is 1.97. The van der Waals surface area contributed by atoms with Gasteiger partial charge in [0, 0.05) is 17.1 Å². The first-order chi connectivity index (χ1) is 8.77. The van der Waals surface area contributed by atoms with Crippen LogP contribution in [0.2, 0.25) is 0 Å². The molecule has 0 saturated heterocycles. The Morgan fingerprint density at radius 2 is 2.06 bits per heavy atom. The standard InChI is InChI=1S/C13H9N3O2/c17-13(18)10-7-15-16-12(10)9-5-6-14-11-4-2-1-3-8(9)11/h1-7H,(H,15,16)(H,17,18). The zero-order valence-electron chi connectivity index (χ0n) is 9.29. The average molecular weight is 239 g/mol. The molecule has 0 radical (unpaired) electrons. The molecule has 0 aliphatic heterocycles. The average Bonchev–Trinajstić information content (AvgIpc) is 2.87. The molecule has 3 rings (SSSR count). The monoisotopic (exact) mass is 239 g/mol. The van der Waals surface area contributed by atoms with Gasteiger partial charge in [0.05, 0.1) is 17.4 Å². The number of nitrogens with zero attached hydrogens (tertiary/aromatic N) is 2. The van der Waals surface area contributed by atoms with Gasteiger partial charge < -0.3 is 5.11 Å². The minimum absolute atomic E-state index is 0.159. The highest BCUT2D eigenvalue weighted by Crippen LogP contribution is 2.27. The first-order valence-corrected chi connectivity index (χ1v) is 5.38. The molecule has 3 aromatic rings. The lowest BCUT2D eigenvalue weighted by molar-refractivity contribution is 0.0698. The predicted octanol–water partition coefficient (Wildman–Crippen LogP) is 2.32. The maximum absolute atomic E-state index is 11.1. The highest BCUT2D eigenvalue weighted by atomic mass is 16.4. The second-order valence-electron chi connectivity index (χ2n) is 3.84. The fraction of sp³-hybridized carbons (Fsp3) is 0. The predicted molar refractivity (Wildman–Crippen MR) is 66.3 cm³/mol. The van der Waals surface area contributed by atoms with Crippen LogP contribution in [0.1, 0.15) is 10.4 Å². The molecule has 5 heteroatoms. The summed E-state index contributed by atoms with van der Waals surface area (Å²) in [4.78, 5) is 15.4. The minimum atomic E-state index is -1.00. The zero-order valence-corrected chi connectivity index (χ0v) is 9.29. The van der Waals surface area contributed by atoms with Crippen LogP contribution < -0.4 is 0 Å². The minimum Gasteiger partial charge on any atom is -0.478 e. The molecule has 0 atom stereocenters. The fourth-order valence-corrected chi connectivity index (χ4v) is 1.97. The number of nitrogens with one attached hydrogen (secondary N) is 1. The van der Waals surface area contributed by atoms with Gasteiger partial charge >= 0.3 is 5.97 Å². The summed E-state index contributed by atoms with van der Waals surface area (Å²) in [6.45, 7) is 0. The van der Waals surface area contributed by atoms with Crippen LogP contribution in [0.5, 0.6) is 0 Å². The molecule has 2 N–H and O–H groups in total. The summed E-state index contributed by atoms with van der Waals surface area (Å²) in [5.74, 6) is -1.00. The lowest BCUT2D eigenvalue weighted by atomic mass is 10.0. The normalized spacial score (nSPS) is 10.7. The Hall–Kier alpha value is -2.69. The molecule has 2 heterocycles. The number of rotatable bonds is 2. The van der Waals surface area contributed by atoms with Crippen molar-refractivity contribution >= 4 is 16.9 Å². The number of H-pyrrole nitrogens is 1. The van der Waals surface area contributed by atoms with Crippen molar-refractivity contribution in [1.82, 2.24) is 15.2 Å².